The maximum Gasteiger partial charge on any atom is 0.227 e. The maximum absolute atomic E-state index is 12.4. The van der Waals surface area contributed by atoms with Gasteiger partial charge in [-0.25, -0.2) is 0 Å². The molecule has 1 aliphatic carbocycles. The second kappa shape index (κ2) is 7.78. The molecule has 3 N–H and O–H groups in total. The van der Waals surface area contributed by atoms with Gasteiger partial charge in [0.15, 0.2) is 0 Å². The fourth-order valence-corrected chi connectivity index (χ4v) is 3.42. The highest BCUT2D eigenvalue weighted by Crippen LogP contribution is 2.28. The van der Waals surface area contributed by atoms with Gasteiger partial charge in [0.05, 0.1) is 5.92 Å². The number of hydrogen-bond acceptors (Lipinski definition) is 3. The predicted octanol–water partition coefficient (Wildman–Crippen LogP) is 1.27. The molecule has 2 rings (SSSR count). The number of carbonyl (C=O) groups excluding carboxylic acids is 2. The molecule has 2 unspecified atom stereocenters. The van der Waals surface area contributed by atoms with Gasteiger partial charge in [-0.2, -0.15) is 0 Å². The Labute approximate surface area is 127 Å². The van der Waals surface area contributed by atoms with E-state index in [1.54, 1.807) is 0 Å². The van der Waals surface area contributed by atoms with Gasteiger partial charge in [-0.15, -0.1) is 0 Å². The maximum atomic E-state index is 12.4. The largest absolute Gasteiger partial charge is 0.356 e. The lowest BCUT2D eigenvalue weighted by atomic mass is 9.94. The zero-order chi connectivity index (χ0) is 15.2. The Morgan fingerprint density at radius 3 is 2.48 bits per heavy atom. The Balaban J connectivity index is 1.75. The molecule has 2 aliphatic rings. The van der Waals surface area contributed by atoms with Gasteiger partial charge in [-0.1, -0.05) is 19.8 Å². The molecular weight excluding hydrogens is 266 g/mol. The van der Waals surface area contributed by atoms with Crippen LogP contribution in [0.3, 0.4) is 0 Å². The average Bonchev–Trinajstić information content (AvgIpc) is 2.93. The van der Waals surface area contributed by atoms with Crippen molar-refractivity contribution < 1.29 is 9.59 Å². The van der Waals surface area contributed by atoms with Crippen molar-refractivity contribution in [2.24, 2.45) is 17.6 Å². The van der Waals surface area contributed by atoms with Gasteiger partial charge in [0, 0.05) is 31.6 Å². The van der Waals surface area contributed by atoms with Gasteiger partial charge in [0.2, 0.25) is 11.8 Å². The molecule has 0 aromatic carbocycles. The van der Waals surface area contributed by atoms with Crippen LogP contribution in [0.1, 0.15) is 51.9 Å². The average molecular weight is 295 g/mol. The third-order valence-electron chi connectivity index (χ3n) is 4.89. The minimum atomic E-state index is 0.0138. The summed E-state index contributed by atoms with van der Waals surface area (Å²) in [5, 5.41) is 3.00. The van der Waals surface area contributed by atoms with Crippen molar-refractivity contribution in [2.45, 2.75) is 57.9 Å². The first kappa shape index (κ1) is 16.3. The standard InChI is InChI=1S/C16H29N3O2/c1-2-3-9-18-15(20)12-7-10-19(11-8-12)16(21)13-5-4-6-14(13)17/h12-14H,2-11,17H2,1H3,(H,18,20). The zero-order valence-corrected chi connectivity index (χ0v) is 13.1. The molecule has 21 heavy (non-hydrogen) atoms. The molecule has 2 amide bonds. The van der Waals surface area contributed by atoms with Gasteiger partial charge in [-0.3, -0.25) is 9.59 Å². The Morgan fingerprint density at radius 1 is 1.19 bits per heavy atom. The van der Waals surface area contributed by atoms with Crippen LogP contribution >= 0.6 is 0 Å². The van der Waals surface area contributed by atoms with Crippen LogP contribution in [0.5, 0.6) is 0 Å². The van der Waals surface area contributed by atoms with E-state index in [9.17, 15) is 9.59 Å². The third-order valence-corrected chi connectivity index (χ3v) is 4.89. The summed E-state index contributed by atoms with van der Waals surface area (Å²) in [6.07, 6.45) is 6.65. The van der Waals surface area contributed by atoms with Crippen LogP contribution in [0, 0.1) is 11.8 Å². The first-order chi connectivity index (χ1) is 10.1. The molecule has 0 aromatic rings. The quantitative estimate of drug-likeness (QED) is 0.750. The van der Waals surface area contributed by atoms with E-state index >= 15 is 0 Å². The van der Waals surface area contributed by atoms with Gasteiger partial charge >= 0.3 is 0 Å². The number of carbonyl (C=O) groups is 2. The van der Waals surface area contributed by atoms with E-state index in [2.05, 4.69) is 12.2 Å². The molecule has 120 valence electrons. The van der Waals surface area contributed by atoms with E-state index in [-0.39, 0.29) is 29.7 Å². The van der Waals surface area contributed by atoms with Crippen LogP contribution in [-0.4, -0.2) is 42.4 Å². The number of unbranched alkanes of at least 4 members (excludes halogenated alkanes) is 1. The van der Waals surface area contributed by atoms with Crippen LogP contribution in [0.2, 0.25) is 0 Å². The van der Waals surface area contributed by atoms with Gasteiger partial charge in [0.25, 0.3) is 0 Å². The first-order valence-electron chi connectivity index (χ1n) is 8.45. The molecule has 1 heterocycles. The number of piperidine rings is 1. The third kappa shape index (κ3) is 4.19. The van der Waals surface area contributed by atoms with E-state index in [4.69, 9.17) is 5.73 Å². The molecule has 0 spiro atoms. The Kier molecular flexibility index (Phi) is 6.03. The Bertz CT molecular complexity index is 365. The van der Waals surface area contributed by atoms with Gasteiger partial charge in [0.1, 0.15) is 0 Å². The first-order valence-corrected chi connectivity index (χ1v) is 8.45. The molecular formula is C16H29N3O2. The molecule has 0 radical (unpaired) electrons. The second-order valence-electron chi connectivity index (χ2n) is 6.45. The SMILES string of the molecule is CCCCNC(=O)C1CCN(C(=O)C2CCCC2N)CC1. The van der Waals surface area contributed by atoms with Crippen LogP contribution in [-0.2, 0) is 9.59 Å². The molecule has 2 fully saturated rings. The predicted molar refractivity (Wildman–Crippen MR) is 82.5 cm³/mol. The lowest BCUT2D eigenvalue weighted by Gasteiger charge is -2.33. The Morgan fingerprint density at radius 2 is 1.90 bits per heavy atom. The van der Waals surface area contributed by atoms with Crippen LogP contribution in [0.25, 0.3) is 0 Å². The van der Waals surface area contributed by atoms with Crippen molar-refractivity contribution in [3.8, 4) is 0 Å². The van der Waals surface area contributed by atoms with Crippen molar-refractivity contribution in [1.82, 2.24) is 10.2 Å². The molecule has 0 bridgehead atoms. The number of hydrogen-bond donors (Lipinski definition) is 2. The van der Waals surface area contributed by atoms with Gasteiger partial charge < -0.3 is 16.0 Å². The number of nitrogens with two attached hydrogens (primary N) is 1. The number of rotatable bonds is 5. The number of nitrogens with one attached hydrogen (secondary N) is 1. The number of amides is 2. The summed E-state index contributed by atoms with van der Waals surface area (Å²) < 4.78 is 0. The summed E-state index contributed by atoms with van der Waals surface area (Å²) in [5.41, 5.74) is 6.02. The van der Waals surface area contributed by atoms with E-state index in [1.165, 1.54) is 0 Å². The van der Waals surface area contributed by atoms with Crippen molar-refractivity contribution in [3.63, 3.8) is 0 Å². The normalized spacial score (nSPS) is 26.9. The monoisotopic (exact) mass is 295 g/mol. The summed E-state index contributed by atoms with van der Waals surface area (Å²) in [4.78, 5) is 26.4. The van der Waals surface area contributed by atoms with Crippen LogP contribution in [0.4, 0.5) is 0 Å². The smallest absolute Gasteiger partial charge is 0.227 e. The van der Waals surface area contributed by atoms with Crippen molar-refractivity contribution in [1.29, 1.82) is 0 Å². The molecule has 2 atom stereocenters. The van der Waals surface area contributed by atoms with Crippen molar-refractivity contribution in [3.05, 3.63) is 0 Å². The molecule has 1 aliphatic heterocycles. The van der Waals surface area contributed by atoms with E-state index in [0.717, 1.165) is 51.5 Å². The lowest BCUT2D eigenvalue weighted by molar-refractivity contribution is -0.139. The summed E-state index contributed by atoms with van der Waals surface area (Å²) in [6, 6.07) is 0.0348. The lowest BCUT2D eigenvalue weighted by Crippen LogP contribution is -2.47. The highest BCUT2D eigenvalue weighted by Gasteiger charge is 2.35. The Hall–Kier alpha value is -1.10. The highest BCUT2D eigenvalue weighted by atomic mass is 16.2. The van der Waals surface area contributed by atoms with E-state index < -0.39 is 0 Å². The molecule has 0 aromatic heterocycles. The highest BCUT2D eigenvalue weighted by molar-refractivity contribution is 5.81. The van der Waals surface area contributed by atoms with E-state index in [1.807, 2.05) is 4.90 Å². The minimum Gasteiger partial charge on any atom is -0.356 e. The number of likely N-dealkylation sites (tertiary alicyclic amines) is 1. The van der Waals surface area contributed by atoms with Crippen LogP contribution < -0.4 is 11.1 Å². The summed E-state index contributed by atoms with van der Waals surface area (Å²) >= 11 is 0. The fourth-order valence-electron chi connectivity index (χ4n) is 3.42. The molecule has 5 nitrogen and oxygen atoms in total. The van der Waals surface area contributed by atoms with Crippen molar-refractivity contribution >= 4 is 11.8 Å². The zero-order valence-electron chi connectivity index (χ0n) is 13.1. The van der Waals surface area contributed by atoms with Crippen LogP contribution in [0.15, 0.2) is 0 Å². The summed E-state index contributed by atoms with van der Waals surface area (Å²) in [7, 11) is 0. The number of nitrogens with zero attached hydrogens (tertiary/aromatic N) is 1. The second-order valence-corrected chi connectivity index (χ2v) is 6.45. The van der Waals surface area contributed by atoms with Crippen molar-refractivity contribution in [2.75, 3.05) is 19.6 Å². The molecule has 5 heteroatoms. The molecule has 1 saturated heterocycles. The topological polar surface area (TPSA) is 75.4 Å². The minimum absolute atomic E-state index is 0.0138. The summed E-state index contributed by atoms with van der Waals surface area (Å²) in [5.74, 6) is 0.459. The van der Waals surface area contributed by atoms with E-state index in [0.29, 0.717) is 13.1 Å². The molecule has 1 saturated carbocycles. The van der Waals surface area contributed by atoms with Gasteiger partial charge in [-0.05, 0) is 32.1 Å². The fraction of sp³-hybridized carbons (Fsp3) is 0.875. The summed E-state index contributed by atoms with van der Waals surface area (Å²) in [6.45, 7) is 4.29.